The highest BCUT2D eigenvalue weighted by molar-refractivity contribution is 7.89. The Morgan fingerprint density at radius 2 is 2.10 bits per heavy atom. The highest BCUT2D eigenvalue weighted by Crippen LogP contribution is 2.22. The van der Waals surface area contributed by atoms with Crippen LogP contribution in [0.3, 0.4) is 0 Å². The number of rotatable bonds is 8. The van der Waals surface area contributed by atoms with Crippen LogP contribution in [0, 0.1) is 0 Å². The first-order valence-corrected chi connectivity index (χ1v) is 9.05. The van der Waals surface area contributed by atoms with Crippen LogP contribution in [0.4, 0.5) is 0 Å². The number of carboxylic acid groups (broad SMARTS) is 1. The van der Waals surface area contributed by atoms with Gasteiger partial charge in [0.2, 0.25) is 10.0 Å². The van der Waals surface area contributed by atoms with E-state index in [4.69, 9.17) is 9.84 Å². The number of aromatic carboxylic acids is 1. The Morgan fingerprint density at radius 3 is 2.62 bits per heavy atom. The van der Waals surface area contributed by atoms with Crippen LogP contribution in [0.1, 0.15) is 17.3 Å². The topological polar surface area (TPSA) is 110 Å². The molecule has 9 heteroatoms. The van der Waals surface area contributed by atoms with E-state index in [0.29, 0.717) is 5.75 Å². The van der Waals surface area contributed by atoms with Crippen molar-refractivity contribution in [2.24, 2.45) is 0 Å². The molecule has 1 aromatic rings. The number of hydrogen-bond donors (Lipinski definition) is 2. The van der Waals surface area contributed by atoms with Gasteiger partial charge in [0.15, 0.2) is 0 Å². The van der Waals surface area contributed by atoms with Crippen molar-refractivity contribution in [1.82, 2.24) is 4.72 Å². The largest absolute Gasteiger partial charge is 0.496 e. The number of ether oxygens (including phenoxy) is 1. The van der Waals surface area contributed by atoms with Crippen molar-refractivity contribution in [2.45, 2.75) is 11.8 Å². The molecular formula is C12H17NO6S2. The fourth-order valence-corrected chi connectivity index (χ4v) is 3.34. The number of sulfonamides is 1. The molecule has 21 heavy (non-hydrogen) atoms. The summed E-state index contributed by atoms with van der Waals surface area (Å²) in [5.74, 6) is -0.546. The van der Waals surface area contributed by atoms with Gasteiger partial charge in [-0.25, -0.2) is 17.9 Å². The van der Waals surface area contributed by atoms with E-state index in [1.54, 1.807) is 6.92 Å². The van der Waals surface area contributed by atoms with Crippen molar-refractivity contribution in [2.75, 3.05) is 25.2 Å². The Kier molecular flexibility index (Phi) is 6.31. The summed E-state index contributed by atoms with van der Waals surface area (Å²) in [7, 11) is -3.62. The lowest BCUT2D eigenvalue weighted by Gasteiger charge is -2.09. The molecule has 0 aromatic heterocycles. The molecule has 0 amide bonds. The number of methoxy groups -OCH3 is 1. The van der Waals surface area contributed by atoms with Gasteiger partial charge in [-0.3, -0.25) is 4.21 Å². The summed E-state index contributed by atoms with van der Waals surface area (Å²) in [6.07, 6.45) is 0. The zero-order valence-corrected chi connectivity index (χ0v) is 13.3. The van der Waals surface area contributed by atoms with Crippen LogP contribution in [0.15, 0.2) is 23.1 Å². The second-order valence-corrected chi connectivity index (χ2v) is 7.63. The molecule has 0 aliphatic rings. The van der Waals surface area contributed by atoms with Crippen LogP contribution < -0.4 is 9.46 Å². The standard InChI is InChI=1S/C12H17NO6S2/c1-3-20(16)7-6-13-21(17,18)9-4-5-11(19-2)10(8-9)12(14)15/h4-5,8,13H,3,6-7H2,1-2H3,(H,14,15). The van der Waals surface area contributed by atoms with E-state index < -0.39 is 26.8 Å². The fraction of sp³-hybridized carbons (Fsp3) is 0.417. The Morgan fingerprint density at radius 1 is 1.43 bits per heavy atom. The SMILES string of the molecule is CCS(=O)CCNS(=O)(=O)c1ccc(OC)c(C(=O)O)c1. The number of nitrogens with one attached hydrogen (secondary N) is 1. The minimum absolute atomic E-state index is 0.0250. The van der Waals surface area contributed by atoms with Gasteiger partial charge >= 0.3 is 5.97 Å². The number of hydrogen-bond acceptors (Lipinski definition) is 5. The molecule has 1 aromatic carbocycles. The zero-order valence-electron chi connectivity index (χ0n) is 11.7. The third kappa shape index (κ3) is 4.80. The fourth-order valence-electron chi connectivity index (χ4n) is 1.54. The summed E-state index contributed by atoms with van der Waals surface area (Å²) in [4.78, 5) is 10.9. The average Bonchev–Trinajstić information content (AvgIpc) is 2.45. The van der Waals surface area contributed by atoms with Gasteiger partial charge < -0.3 is 9.84 Å². The van der Waals surface area contributed by atoms with Crippen molar-refractivity contribution >= 4 is 26.8 Å². The van der Waals surface area contributed by atoms with Crippen LogP contribution in [-0.2, 0) is 20.8 Å². The molecule has 0 radical (unpaired) electrons. The molecule has 1 rings (SSSR count). The van der Waals surface area contributed by atoms with Crippen LogP contribution in [0.25, 0.3) is 0 Å². The van der Waals surface area contributed by atoms with Gasteiger partial charge in [0.25, 0.3) is 0 Å². The van der Waals surface area contributed by atoms with Crippen molar-refractivity contribution in [3.05, 3.63) is 23.8 Å². The first kappa shape index (κ1) is 17.6. The second-order valence-electron chi connectivity index (χ2n) is 4.00. The molecule has 0 fully saturated rings. The molecule has 1 unspecified atom stereocenters. The van der Waals surface area contributed by atoms with E-state index in [0.717, 1.165) is 6.07 Å². The third-order valence-electron chi connectivity index (χ3n) is 2.66. The molecule has 0 aliphatic heterocycles. The Balaban J connectivity index is 2.96. The molecule has 0 saturated carbocycles. The molecule has 2 N–H and O–H groups in total. The van der Waals surface area contributed by atoms with E-state index in [1.165, 1.54) is 19.2 Å². The van der Waals surface area contributed by atoms with Crippen LogP contribution in [0.2, 0.25) is 0 Å². The van der Waals surface area contributed by atoms with Crippen LogP contribution in [0.5, 0.6) is 5.75 Å². The predicted molar refractivity (Wildman–Crippen MR) is 78.7 cm³/mol. The van der Waals surface area contributed by atoms with Crippen LogP contribution in [-0.4, -0.2) is 48.9 Å². The number of carboxylic acids is 1. The molecule has 1 atom stereocenters. The summed E-state index contributed by atoms with van der Waals surface area (Å²) in [6, 6.07) is 3.56. The van der Waals surface area contributed by atoms with E-state index in [2.05, 4.69) is 4.72 Å². The lowest BCUT2D eigenvalue weighted by Crippen LogP contribution is -2.28. The molecule has 0 spiro atoms. The van der Waals surface area contributed by atoms with E-state index in [1.807, 2.05) is 0 Å². The molecule has 0 saturated heterocycles. The van der Waals surface area contributed by atoms with Gasteiger partial charge in [0, 0.05) is 28.9 Å². The number of carbonyl (C=O) groups is 1. The second kappa shape index (κ2) is 7.53. The summed E-state index contributed by atoms with van der Waals surface area (Å²) in [5.41, 5.74) is -0.238. The normalized spacial score (nSPS) is 12.9. The molecule has 0 bridgehead atoms. The van der Waals surface area contributed by atoms with E-state index in [9.17, 15) is 17.4 Å². The molecule has 7 nitrogen and oxygen atoms in total. The lowest BCUT2D eigenvalue weighted by molar-refractivity contribution is 0.0693. The summed E-state index contributed by atoms with van der Waals surface area (Å²) < 4.78 is 42.5. The van der Waals surface area contributed by atoms with Gasteiger partial charge in [-0.15, -0.1) is 0 Å². The maximum atomic E-state index is 12.0. The molecular weight excluding hydrogens is 318 g/mol. The lowest BCUT2D eigenvalue weighted by atomic mass is 10.2. The van der Waals surface area contributed by atoms with Gasteiger partial charge in [0.1, 0.15) is 11.3 Å². The highest BCUT2D eigenvalue weighted by atomic mass is 32.2. The molecule has 0 aliphatic carbocycles. The summed E-state index contributed by atoms with van der Waals surface area (Å²) >= 11 is 0. The quantitative estimate of drug-likeness (QED) is 0.713. The smallest absolute Gasteiger partial charge is 0.339 e. The van der Waals surface area contributed by atoms with Crippen molar-refractivity contribution < 1.29 is 27.3 Å². The third-order valence-corrected chi connectivity index (χ3v) is 5.42. The van der Waals surface area contributed by atoms with Crippen molar-refractivity contribution in [3.63, 3.8) is 0 Å². The molecule has 118 valence electrons. The molecule has 0 heterocycles. The number of benzene rings is 1. The van der Waals surface area contributed by atoms with Gasteiger partial charge in [-0.05, 0) is 18.2 Å². The Hall–Kier alpha value is -1.45. The first-order chi connectivity index (χ1) is 9.81. The Bertz CT molecular complexity index is 641. The zero-order chi connectivity index (χ0) is 16.0. The summed E-state index contributed by atoms with van der Waals surface area (Å²) in [5, 5.41) is 9.03. The van der Waals surface area contributed by atoms with Crippen molar-refractivity contribution in [1.29, 1.82) is 0 Å². The summed E-state index contributed by atoms with van der Waals surface area (Å²) in [6.45, 7) is 1.77. The van der Waals surface area contributed by atoms with E-state index >= 15 is 0 Å². The van der Waals surface area contributed by atoms with E-state index in [-0.39, 0.29) is 28.5 Å². The van der Waals surface area contributed by atoms with Gasteiger partial charge in [0.05, 0.1) is 12.0 Å². The minimum atomic E-state index is -3.85. The van der Waals surface area contributed by atoms with Crippen molar-refractivity contribution in [3.8, 4) is 5.75 Å². The monoisotopic (exact) mass is 335 g/mol. The maximum Gasteiger partial charge on any atom is 0.339 e. The maximum absolute atomic E-state index is 12.0. The Labute approximate surface area is 125 Å². The van der Waals surface area contributed by atoms with Gasteiger partial charge in [-0.1, -0.05) is 6.92 Å². The van der Waals surface area contributed by atoms with Crippen LogP contribution >= 0.6 is 0 Å². The minimum Gasteiger partial charge on any atom is -0.496 e. The predicted octanol–water partition coefficient (Wildman–Crippen LogP) is 0.440. The first-order valence-electron chi connectivity index (χ1n) is 6.07. The highest BCUT2D eigenvalue weighted by Gasteiger charge is 2.19. The van der Waals surface area contributed by atoms with Gasteiger partial charge in [-0.2, -0.15) is 0 Å². The average molecular weight is 335 g/mol.